The van der Waals surface area contributed by atoms with Crippen LogP contribution < -0.4 is 9.64 Å². The summed E-state index contributed by atoms with van der Waals surface area (Å²) in [5.74, 6) is 0.652. The van der Waals surface area contributed by atoms with E-state index in [-0.39, 0.29) is 25.7 Å². The lowest BCUT2D eigenvalue weighted by Crippen LogP contribution is -2.54. The molecule has 11 heteroatoms. The second kappa shape index (κ2) is 19.5. The third kappa shape index (κ3) is 10.6. The van der Waals surface area contributed by atoms with E-state index in [9.17, 15) is 9.90 Å². The number of carbonyl (C=O) groups is 1. The Kier molecular flexibility index (Phi) is 14.5. The molecule has 0 aromatic heterocycles. The molecule has 3 atom stereocenters. The Bertz CT molecular complexity index is 1410. The van der Waals surface area contributed by atoms with Gasteiger partial charge in [0.2, 0.25) is 0 Å². The maximum absolute atomic E-state index is 13.4. The van der Waals surface area contributed by atoms with E-state index in [1.165, 1.54) is 0 Å². The number of likely N-dealkylation sites (tertiary alicyclic amines) is 1. The lowest BCUT2D eigenvalue weighted by molar-refractivity contribution is -0.0955. The standard InChI is InChI=1S/C38H50N2O9/c1-43-18-6-15-39-16-19-46-34-14-11-31(23-33(34)39)28-48-36-25-40(38(42)49-27-29-7-4-3-5-8-29)24-35(47-20-17-41)37(36)32-12-9-30(10-13-32)26-45-22-21-44-2/h3-5,7-14,23,35-37,41H,6,15-22,24-28H2,1-2H3/t35-,36+,37+/m1/s1. The third-order valence-electron chi connectivity index (χ3n) is 8.78. The van der Waals surface area contributed by atoms with Gasteiger partial charge in [-0.25, -0.2) is 4.79 Å². The number of rotatable bonds is 18. The number of amides is 1. The van der Waals surface area contributed by atoms with E-state index in [0.717, 1.165) is 53.2 Å². The molecule has 3 aromatic carbocycles. The molecule has 49 heavy (non-hydrogen) atoms. The van der Waals surface area contributed by atoms with Gasteiger partial charge in [0.05, 0.1) is 77.2 Å². The molecule has 0 aliphatic carbocycles. The van der Waals surface area contributed by atoms with Crippen LogP contribution in [0.4, 0.5) is 10.5 Å². The highest BCUT2D eigenvalue weighted by Gasteiger charge is 2.41. The Morgan fingerprint density at radius 3 is 2.31 bits per heavy atom. The second-order valence-electron chi connectivity index (χ2n) is 12.2. The second-order valence-corrected chi connectivity index (χ2v) is 12.2. The van der Waals surface area contributed by atoms with E-state index < -0.39 is 18.3 Å². The fourth-order valence-electron chi connectivity index (χ4n) is 6.29. The zero-order valence-corrected chi connectivity index (χ0v) is 28.7. The number of piperidine rings is 1. The molecule has 0 spiro atoms. The molecular weight excluding hydrogens is 628 g/mol. The maximum atomic E-state index is 13.4. The number of ether oxygens (including phenoxy) is 7. The topological polar surface area (TPSA) is 108 Å². The molecule has 0 unspecified atom stereocenters. The fraction of sp³-hybridized carbons (Fsp3) is 0.500. The van der Waals surface area contributed by atoms with Gasteiger partial charge in [0.15, 0.2) is 0 Å². The number of anilines is 1. The van der Waals surface area contributed by atoms with Crippen molar-refractivity contribution in [2.24, 2.45) is 0 Å². The number of aliphatic hydroxyl groups is 1. The summed E-state index contributed by atoms with van der Waals surface area (Å²) in [6.45, 7) is 5.66. The minimum atomic E-state index is -0.438. The van der Waals surface area contributed by atoms with Crippen molar-refractivity contribution >= 4 is 11.8 Å². The van der Waals surface area contributed by atoms with Crippen LogP contribution in [0.5, 0.6) is 5.75 Å². The van der Waals surface area contributed by atoms with Crippen LogP contribution in [0.3, 0.4) is 0 Å². The van der Waals surface area contributed by atoms with Crippen molar-refractivity contribution in [3.63, 3.8) is 0 Å². The number of fused-ring (bicyclic) bond motifs is 1. The first-order valence-corrected chi connectivity index (χ1v) is 17.0. The van der Waals surface area contributed by atoms with Crippen molar-refractivity contribution in [1.29, 1.82) is 0 Å². The van der Waals surface area contributed by atoms with E-state index in [0.29, 0.717) is 52.7 Å². The molecule has 2 aliphatic heterocycles. The summed E-state index contributed by atoms with van der Waals surface area (Å²) in [7, 11) is 3.37. The Morgan fingerprint density at radius 2 is 1.55 bits per heavy atom. The number of carbonyl (C=O) groups excluding carboxylic acids is 1. The Balaban J connectivity index is 1.36. The van der Waals surface area contributed by atoms with Crippen molar-refractivity contribution in [3.05, 3.63) is 95.1 Å². The van der Waals surface area contributed by atoms with Crippen LogP contribution in [-0.4, -0.2) is 108 Å². The highest BCUT2D eigenvalue weighted by atomic mass is 16.6. The summed E-state index contributed by atoms with van der Waals surface area (Å²) in [4.78, 5) is 17.4. The van der Waals surface area contributed by atoms with E-state index in [4.69, 9.17) is 33.2 Å². The predicted molar refractivity (Wildman–Crippen MR) is 185 cm³/mol. The molecule has 3 aromatic rings. The van der Waals surface area contributed by atoms with E-state index in [1.807, 2.05) is 54.6 Å². The van der Waals surface area contributed by atoms with Crippen LogP contribution in [-0.2, 0) is 48.2 Å². The van der Waals surface area contributed by atoms with Crippen LogP contribution in [0.25, 0.3) is 0 Å². The van der Waals surface area contributed by atoms with Gasteiger partial charge in [-0.1, -0.05) is 60.7 Å². The molecule has 0 radical (unpaired) electrons. The zero-order valence-electron chi connectivity index (χ0n) is 28.7. The summed E-state index contributed by atoms with van der Waals surface area (Å²) in [5.41, 5.74) is 5.01. The van der Waals surface area contributed by atoms with Crippen LogP contribution >= 0.6 is 0 Å². The van der Waals surface area contributed by atoms with Gasteiger partial charge in [0.1, 0.15) is 19.0 Å². The SMILES string of the molecule is COCCCN1CCOc2ccc(CO[C@H]3CN(C(=O)OCc4ccccc4)C[C@@H](OCCO)[C@@H]3c3ccc(COCCOC)cc3)cc21. The van der Waals surface area contributed by atoms with Crippen molar-refractivity contribution in [2.75, 3.05) is 84.9 Å². The molecule has 1 fully saturated rings. The van der Waals surface area contributed by atoms with Gasteiger partial charge in [-0.05, 0) is 40.8 Å². The highest BCUT2D eigenvalue weighted by molar-refractivity contribution is 5.68. The van der Waals surface area contributed by atoms with E-state index >= 15 is 0 Å². The van der Waals surface area contributed by atoms with Crippen LogP contribution in [0, 0.1) is 0 Å². The van der Waals surface area contributed by atoms with E-state index in [2.05, 4.69) is 23.1 Å². The quantitative estimate of drug-likeness (QED) is 0.189. The maximum Gasteiger partial charge on any atom is 0.410 e. The molecule has 266 valence electrons. The Labute approximate surface area is 289 Å². The van der Waals surface area contributed by atoms with Crippen molar-refractivity contribution in [1.82, 2.24) is 4.90 Å². The molecule has 1 saturated heterocycles. The van der Waals surface area contributed by atoms with E-state index in [1.54, 1.807) is 19.1 Å². The molecular formula is C38H50N2O9. The first-order chi connectivity index (χ1) is 24.1. The average molecular weight is 679 g/mol. The molecule has 0 saturated carbocycles. The molecule has 1 N–H and O–H groups in total. The van der Waals surface area contributed by atoms with Crippen molar-refractivity contribution < 1.29 is 43.1 Å². The van der Waals surface area contributed by atoms with Crippen LogP contribution in [0.1, 0.15) is 34.6 Å². The van der Waals surface area contributed by atoms with Gasteiger partial charge in [-0.2, -0.15) is 0 Å². The summed E-state index contributed by atoms with van der Waals surface area (Å²) >= 11 is 0. The monoisotopic (exact) mass is 678 g/mol. The van der Waals surface area contributed by atoms with Gasteiger partial charge in [-0.3, -0.25) is 0 Å². The summed E-state index contributed by atoms with van der Waals surface area (Å²) in [5, 5.41) is 9.69. The molecule has 2 aliphatic rings. The summed E-state index contributed by atoms with van der Waals surface area (Å²) in [6, 6.07) is 24.0. The van der Waals surface area contributed by atoms with Gasteiger partial charge in [-0.15, -0.1) is 0 Å². The normalized spacial score (nSPS) is 19.0. The zero-order chi connectivity index (χ0) is 34.3. The number of nitrogens with zero attached hydrogens (tertiary/aromatic N) is 2. The number of methoxy groups -OCH3 is 2. The smallest absolute Gasteiger partial charge is 0.410 e. The fourth-order valence-corrected chi connectivity index (χ4v) is 6.29. The van der Waals surface area contributed by atoms with Crippen molar-refractivity contribution in [2.45, 2.75) is 44.4 Å². The Hall–Kier alpha value is -3.71. The van der Waals surface area contributed by atoms with Crippen LogP contribution in [0.2, 0.25) is 0 Å². The largest absolute Gasteiger partial charge is 0.490 e. The third-order valence-corrected chi connectivity index (χ3v) is 8.78. The molecule has 0 bridgehead atoms. The van der Waals surface area contributed by atoms with Crippen molar-refractivity contribution in [3.8, 4) is 5.75 Å². The van der Waals surface area contributed by atoms with Gasteiger partial charge >= 0.3 is 6.09 Å². The summed E-state index contributed by atoms with van der Waals surface area (Å²) in [6.07, 6.45) is -0.373. The number of benzene rings is 3. The molecule has 11 nitrogen and oxygen atoms in total. The molecule has 1 amide bonds. The first-order valence-electron chi connectivity index (χ1n) is 17.0. The van der Waals surface area contributed by atoms with Gasteiger partial charge in [0.25, 0.3) is 0 Å². The molecule has 5 rings (SSSR count). The molecule has 2 heterocycles. The summed E-state index contributed by atoms with van der Waals surface area (Å²) < 4.78 is 40.7. The van der Waals surface area contributed by atoms with Gasteiger partial charge < -0.3 is 48.1 Å². The first kappa shape index (κ1) is 36.6. The minimum Gasteiger partial charge on any atom is -0.490 e. The lowest BCUT2D eigenvalue weighted by Gasteiger charge is -2.43. The van der Waals surface area contributed by atoms with Gasteiger partial charge in [0, 0.05) is 33.3 Å². The van der Waals surface area contributed by atoms with Crippen LogP contribution in [0.15, 0.2) is 72.8 Å². The highest BCUT2D eigenvalue weighted by Crippen LogP contribution is 2.36. The lowest BCUT2D eigenvalue weighted by atomic mass is 9.84. The number of hydrogen-bond donors (Lipinski definition) is 1. The average Bonchev–Trinajstić information content (AvgIpc) is 3.14. The number of aliphatic hydroxyl groups excluding tert-OH is 1. The Morgan fingerprint density at radius 1 is 0.816 bits per heavy atom. The predicted octanol–water partition coefficient (Wildman–Crippen LogP) is 4.78. The minimum absolute atomic E-state index is 0.135. The number of hydrogen-bond acceptors (Lipinski definition) is 10.